The van der Waals surface area contributed by atoms with E-state index in [1.807, 2.05) is 11.9 Å². The van der Waals surface area contributed by atoms with Crippen LogP contribution in [0.2, 0.25) is 0 Å². The molecule has 2 aromatic heterocycles. The SMILES string of the molecule is Cc1oc2c([C@H]3CCN(C)C[C@H]3O)c(O)cc(O)c2c(=O)c1C(O)c1csc([N+](=O)[O-])c1. The number of aliphatic hydroxyl groups excluding tert-OH is 2. The molecule has 32 heavy (non-hydrogen) atoms. The maximum absolute atomic E-state index is 13.3. The molecule has 1 aliphatic heterocycles. The molecule has 1 unspecified atom stereocenters. The van der Waals surface area contributed by atoms with Crippen LogP contribution in [0, 0.1) is 17.0 Å². The average molecular weight is 462 g/mol. The first kappa shape index (κ1) is 22.2. The molecular weight excluding hydrogens is 440 g/mol. The topological polar surface area (TPSA) is 158 Å². The predicted molar refractivity (Wildman–Crippen MR) is 116 cm³/mol. The molecule has 11 heteroatoms. The number of aliphatic hydroxyl groups is 2. The molecule has 4 rings (SSSR count). The number of nitrogens with zero attached hydrogens (tertiary/aromatic N) is 2. The molecule has 10 nitrogen and oxygen atoms in total. The summed E-state index contributed by atoms with van der Waals surface area (Å²) < 4.78 is 5.86. The lowest BCUT2D eigenvalue weighted by Crippen LogP contribution is -2.40. The van der Waals surface area contributed by atoms with Crippen LogP contribution in [0.3, 0.4) is 0 Å². The number of phenolic OH excluding ortho intramolecular Hbond substituents is 2. The van der Waals surface area contributed by atoms with Crippen molar-refractivity contribution in [2.45, 2.75) is 31.5 Å². The number of aryl methyl sites for hydroxylation is 1. The second-order valence-corrected chi connectivity index (χ2v) is 8.93. The molecule has 3 atom stereocenters. The zero-order valence-corrected chi connectivity index (χ0v) is 18.1. The number of thiophene rings is 1. The molecule has 1 fully saturated rings. The van der Waals surface area contributed by atoms with E-state index in [1.54, 1.807) is 0 Å². The van der Waals surface area contributed by atoms with Gasteiger partial charge in [0, 0.05) is 41.1 Å². The van der Waals surface area contributed by atoms with E-state index in [2.05, 4.69) is 0 Å². The summed E-state index contributed by atoms with van der Waals surface area (Å²) in [5, 5.41) is 54.3. The maximum atomic E-state index is 13.3. The van der Waals surface area contributed by atoms with Gasteiger partial charge in [0.2, 0.25) is 5.43 Å². The monoisotopic (exact) mass is 462 g/mol. The van der Waals surface area contributed by atoms with Gasteiger partial charge in [-0.1, -0.05) is 11.3 Å². The fourth-order valence-corrected chi connectivity index (χ4v) is 5.07. The molecule has 0 bridgehead atoms. The third-order valence-electron chi connectivity index (χ3n) is 5.91. The van der Waals surface area contributed by atoms with Crippen molar-refractivity contribution < 1.29 is 29.8 Å². The van der Waals surface area contributed by atoms with Crippen molar-refractivity contribution >= 4 is 27.3 Å². The maximum Gasteiger partial charge on any atom is 0.324 e. The van der Waals surface area contributed by atoms with E-state index in [9.17, 15) is 35.3 Å². The van der Waals surface area contributed by atoms with Crippen molar-refractivity contribution in [2.24, 2.45) is 0 Å². The summed E-state index contributed by atoms with van der Waals surface area (Å²) in [4.78, 5) is 25.7. The fourth-order valence-electron chi connectivity index (χ4n) is 4.32. The van der Waals surface area contributed by atoms with Crippen LogP contribution in [0.4, 0.5) is 5.00 Å². The van der Waals surface area contributed by atoms with Gasteiger partial charge in [0.05, 0.1) is 16.6 Å². The second-order valence-electron chi connectivity index (χ2n) is 8.04. The molecule has 4 N–H and O–H groups in total. The van der Waals surface area contributed by atoms with E-state index >= 15 is 0 Å². The molecule has 170 valence electrons. The fraction of sp³-hybridized carbons (Fsp3) is 0.381. The van der Waals surface area contributed by atoms with E-state index in [1.165, 1.54) is 18.4 Å². The summed E-state index contributed by atoms with van der Waals surface area (Å²) in [6.07, 6.45) is -1.84. The van der Waals surface area contributed by atoms with Crippen LogP contribution in [0.25, 0.3) is 11.0 Å². The van der Waals surface area contributed by atoms with Crippen molar-refractivity contribution in [3.63, 3.8) is 0 Å². The summed E-state index contributed by atoms with van der Waals surface area (Å²) in [6, 6.07) is 2.20. The Bertz CT molecular complexity index is 1270. The molecule has 0 radical (unpaired) electrons. The summed E-state index contributed by atoms with van der Waals surface area (Å²) in [5.74, 6) is -1.31. The van der Waals surface area contributed by atoms with Crippen LogP contribution < -0.4 is 5.43 Å². The minimum atomic E-state index is -1.51. The Labute approximate surface area is 185 Å². The molecule has 0 spiro atoms. The van der Waals surface area contributed by atoms with Gasteiger partial charge in [0.1, 0.15) is 34.3 Å². The summed E-state index contributed by atoms with van der Waals surface area (Å²) in [6.45, 7) is 2.47. The number of piperidine rings is 1. The lowest BCUT2D eigenvalue weighted by Gasteiger charge is -2.34. The number of hydrogen-bond acceptors (Lipinski definition) is 10. The lowest BCUT2D eigenvalue weighted by molar-refractivity contribution is -0.380. The molecule has 3 aromatic rings. The number of benzene rings is 1. The number of likely N-dealkylation sites (N-methyl/N-ethyl adjacent to an activating group) is 1. The highest BCUT2D eigenvalue weighted by molar-refractivity contribution is 7.13. The molecule has 3 heterocycles. The van der Waals surface area contributed by atoms with Gasteiger partial charge in [-0.2, -0.15) is 0 Å². The number of rotatable bonds is 4. The number of aromatic hydroxyl groups is 2. The molecule has 1 aliphatic rings. The average Bonchev–Trinajstić information content (AvgIpc) is 3.19. The lowest BCUT2D eigenvalue weighted by atomic mass is 9.85. The van der Waals surface area contributed by atoms with E-state index in [-0.39, 0.29) is 44.2 Å². The zero-order valence-electron chi connectivity index (χ0n) is 17.3. The van der Waals surface area contributed by atoms with Crippen LogP contribution in [-0.4, -0.2) is 56.5 Å². The summed E-state index contributed by atoms with van der Waals surface area (Å²) in [7, 11) is 1.86. The highest BCUT2D eigenvalue weighted by atomic mass is 32.1. The van der Waals surface area contributed by atoms with Gasteiger partial charge in [-0.05, 0) is 26.9 Å². The van der Waals surface area contributed by atoms with Crippen LogP contribution in [-0.2, 0) is 0 Å². The van der Waals surface area contributed by atoms with Crippen LogP contribution in [0.1, 0.15) is 40.9 Å². The van der Waals surface area contributed by atoms with E-state index in [0.29, 0.717) is 19.5 Å². The molecule has 1 aromatic carbocycles. The number of fused-ring (bicyclic) bond motifs is 1. The van der Waals surface area contributed by atoms with Gasteiger partial charge in [0.15, 0.2) is 0 Å². The Morgan fingerprint density at radius 2 is 2.03 bits per heavy atom. The molecular formula is C21H22N2O8S. The molecule has 0 aliphatic carbocycles. The zero-order chi connectivity index (χ0) is 23.3. The van der Waals surface area contributed by atoms with Gasteiger partial charge >= 0.3 is 5.00 Å². The van der Waals surface area contributed by atoms with Crippen molar-refractivity contribution in [1.82, 2.24) is 4.90 Å². The van der Waals surface area contributed by atoms with Crippen molar-refractivity contribution in [3.8, 4) is 11.5 Å². The number of nitro groups is 1. The predicted octanol–water partition coefficient (Wildman–Crippen LogP) is 2.34. The molecule has 0 amide bonds. The second kappa shape index (κ2) is 8.17. The number of hydrogen-bond donors (Lipinski definition) is 4. The first-order chi connectivity index (χ1) is 15.1. The van der Waals surface area contributed by atoms with Gasteiger partial charge in [0.25, 0.3) is 0 Å². The standard InChI is InChI=1S/C21H22N2O8S/c1-9-16(19(27)10-5-15(23(29)30)32-8-10)20(28)18-13(25)6-12(24)17(21(18)31-9)11-3-4-22(2)7-14(11)26/h5-6,8,11,14,19,24-27H,3-4,7H2,1-2H3/t11-,14+,19?/m0/s1. The Morgan fingerprint density at radius 3 is 2.66 bits per heavy atom. The first-order valence-electron chi connectivity index (χ1n) is 9.89. The Hall–Kier alpha value is -2.99. The Kier molecular flexibility index (Phi) is 5.67. The minimum absolute atomic E-state index is 0.0394. The quantitative estimate of drug-likeness (QED) is 0.337. The van der Waals surface area contributed by atoms with Crippen molar-refractivity contribution in [2.75, 3.05) is 20.1 Å². The van der Waals surface area contributed by atoms with Gasteiger partial charge in [-0.15, -0.1) is 0 Å². The van der Waals surface area contributed by atoms with E-state index in [0.717, 1.165) is 17.4 Å². The number of likely N-dealkylation sites (tertiary alicyclic amines) is 1. The normalized spacial score (nSPS) is 20.5. The minimum Gasteiger partial charge on any atom is -0.507 e. The molecule has 1 saturated heterocycles. The highest BCUT2D eigenvalue weighted by Crippen LogP contribution is 2.43. The third kappa shape index (κ3) is 3.62. The number of phenols is 2. The Morgan fingerprint density at radius 1 is 1.31 bits per heavy atom. The summed E-state index contributed by atoms with van der Waals surface area (Å²) >= 11 is 0.817. The van der Waals surface area contributed by atoms with Crippen molar-refractivity contribution in [1.29, 1.82) is 0 Å². The van der Waals surface area contributed by atoms with Gasteiger partial charge in [-0.3, -0.25) is 14.9 Å². The highest BCUT2D eigenvalue weighted by Gasteiger charge is 2.34. The molecule has 0 saturated carbocycles. The largest absolute Gasteiger partial charge is 0.507 e. The van der Waals surface area contributed by atoms with Crippen LogP contribution in [0.15, 0.2) is 26.7 Å². The van der Waals surface area contributed by atoms with E-state index in [4.69, 9.17) is 4.42 Å². The van der Waals surface area contributed by atoms with E-state index < -0.39 is 34.2 Å². The van der Waals surface area contributed by atoms with Gasteiger partial charge in [-0.25, -0.2) is 0 Å². The van der Waals surface area contributed by atoms with Crippen LogP contribution in [0.5, 0.6) is 11.5 Å². The first-order valence-corrected chi connectivity index (χ1v) is 10.8. The Balaban J connectivity index is 1.90. The smallest absolute Gasteiger partial charge is 0.324 e. The van der Waals surface area contributed by atoms with Gasteiger partial charge < -0.3 is 29.7 Å². The number of β-amino-alcohol motifs (C(OH)–C–C–N with tert-alkyl or cyclic N) is 1. The van der Waals surface area contributed by atoms with Crippen molar-refractivity contribution in [3.05, 3.63) is 60.3 Å². The van der Waals surface area contributed by atoms with Crippen LogP contribution >= 0.6 is 11.3 Å². The summed E-state index contributed by atoms with van der Waals surface area (Å²) in [5.41, 5.74) is -0.551. The third-order valence-corrected chi connectivity index (χ3v) is 6.81.